The molecule has 1 amide bonds. The monoisotopic (exact) mass is 690 g/mol. The van der Waals surface area contributed by atoms with Crippen molar-refractivity contribution in [1.82, 2.24) is 5.32 Å². The third-order valence-electron chi connectivity index (χ3n) is 9.13. The van der Waals surface area contributed by atoms with Gasteiger partial charge in [-0.1, -0.05) is 153 Å². The molecule has 0 aliphatic carbocycles. The predicted octanol–water partition coefficient (Wildman–Crippen LogP) is 11.4. The average molecular weight is 690 g/mol. The fraction of sp³-hybridized carbons (Fsp3) is 0.814. The van der Waals surface area contributed by atoms with Crippen molar-refractivity contribution in [1.29, 1.82) is 0 Å². The Labute approximate surface area is 303 Å². The van der Waals surface area contributed by atoms with Crippen LogP contribution in [0.15, 0.2) is 36.5 Å². The normalized spacial score (nSPS) is 13.1. The van der Waals surface area contributed by atoms with E-state index < -0.39 is 12.1 Å². The molecule has 0 saturated heterocycles. The Balaban J connectivity index is 3.64. The van der Waals surface area contributed by atoms with Crippen LogP contribution in [-0.4, -0.2) is 47.4 Å². The van der Waals surface area contributed by atoms with Crippen molar-refractivity contribution in [3.63, 3.8) is 0 Å². The van der Waals surface area contributed by atoms with Crippen LogP contribution in [0, 0.1) is 0 Å². The van der Waals surface area contributed by atoms with E-state index in [4.69, 9.17) is 4.74 Å². The summed E-state index contributed by atoms with van der Waals surface area (Å²) >= 11 is 0. The van der Waals surface area contributed by atoms with Gasteiger partial charge in [-0.05, 0) is 70.6 Å². The van der Waals surface area contributed by atoms with Gasteiger partial charge in [0, 0.05) is 12.8 Å². The smallest absolute Gasteiger partial charge is 0.305 e. The third-order valence-corrected chi connectivity index (χ3v) is 9.13. The molecule has 6 nitrogen and oxygen atoms in total. The number of rotatable bonds is 37. The van der Waals surface area contributed by atoms with Crippen LogP contribution in [0.5, 0.6) is 0 Å². The number of aliphatic hydroxyl groups excluding tert-OH is 2. The van der Waals surface area contributed by atoms with E-state index in [0.29, 0.717) is 19.4 Å². The summed E-state index contributed by atoms with van der Waals surface area (Å²) in [5, 5.41) is 22.8. The Morgan fingerprint density at radius 3 is 1.55 bits per heavy atom. The molecule has 0 radical (unpaired) electrons. The summed E-state index contributed by atoms with van der Waals surface area (Å²) in [4.78, 5) is 24.2. The van der Waals surface area contributed by atoms with Crippen molar-refractivity contribution in [3.8, 4) is 0 Å². The molecule has 0 saturated carbocycles. The number of nitrogens with one attached hydrogen (secondary N) is 1. The minimum Gasteiger partial charge on any atom is -0.466 e. The number of allylic oxidation sites excluding steroid dienone is 5. The number of esters is 1. The van der Waals surface area contributed by atoms with E-state index in [2.05, 4.69) is 43.5 Å². The van der Waals surface area contributed by atoms with Crippen LogP contribution in [0.1, 0.15) is 200 Å². The molecular weight excluding hydrogens is 610 g/mol. The summed E-state index contributed by atoms with van der Waals surface area (Å²) in [7, 11) is 0. The number of carbonyl (C=O) groups excluding carboxylic acids is 2. The van der Waals surface area contributed by atoms with Gasteiger partial charge < -0.3 is 20.3 Å². The summed E-state index contributed by atoms with van der Waals surface area (Å²) in [6, 6.07) is -0.664. The van der Waals surface area contributed by atoms with Crippen molar-refractivity contribution in [2.24, 2.45) is 0 Å². The van der Waals surface area contributed by atoms with Crippen molar-refractivity contribution in [2.45, 2.75) is 212 Å². The van der Waals surface area contributed by atoms with E-state index >= 15 is 0 Å². The Morgan fingerprint density at radius 1 is 0.551 bits per heavy atom. The number of ether oxygens (including phenoxy) is 1. The summed E-state index contributed by atoms with van der Waals surface area (Å²) in [5.74, 6) is -0.183. The fourth-order valence-electron chi connectivity index (χ4n) is 5.85. The number of unbranched alkanes of at least 4 members (excludes halogenated alkanes) is 22. The van der Waals surface area contributed by atoms with Gasteiger partial charge in [-0.2, -0.15) is 0 Å². The van der Waals surface area contributed by atoms with Crippen LogP contribution in [0.4, 0.5) is 0 Å². The molecular formula is C43H79NO5. The van der Waals surface area contributed by atoms with E-state index in [1.807, 2.05) is 6.08 Å². The molecule has 0 aromatic rings. The molecule has 2 atom stereocenters. The third kappa shape index (κ3) is 35.7. The highest BCUT2D eigenvalue weighted by atomic mass is 16.5. The second-order valence-electron chi connectivity index (χ2n) is 14.0. The lowest BCUT2D eigenvalue weighted by Crippen LogP contribution is -2.45. The van der Waals surface area contributed by atoms with Crippen molar-refractivity contribution in [3.05, 3.63) is 36.5 Å². The fourth-order valence-corrected chi connectivity index (χ4v) is 5.85. The maximum atomic E-state index is 12.3. The first kappa shape index (κ1) is 47.1. The standard InChI is InChI=1S/C43H79NO5/c1-3-5-7-9-11-13-15-17-19-23-27-31-35-41(46)40(39-45)44-42(47)36-32-28-24-20-18-22-26-30-34-38-49-43(48)37-33-29-25-21-16-14-12-10-8-6-4-2/h10,12,20,24,31,35,40-41,45-46H,3-9,11,13-19,21-23,25-30,32-34,36-39H2,1-2H3,(H,44,47)/b12-10-,24-20-,35-31+. The Hall–Kier alpha value is -1.92. The first-order valence-electron chi connectivity index (χ1n) is 20.8. The summed E-state index contributed by atoms with van der Waals surface area (Å²) in [6.07, 6.45) is 44.1. The van der Waals surface area contributed by atoms with Crippen LogP contribution < -0.4 is 5.32 Å². The molecule has 49 heavy (non-hydrogen) atoms. The summed E-state index contributed by atoms with van der Waals surface area (Å²) in [6.45, 7) is 4.73. The SMILES string of the molecule is CCCC/C=C\CCCCCCCC(=O)OCCCCCC/C=C\CCCC(=O)NC(CO)C(O)/C=C/CCCCCCCCCCCC. The number of hydrogen-bond donors (Lipinski definition) is 3. The molecule has 286 valence electrons. The number of carbonyl (C=O) groups is 2. The molecule has 0 spiro atoms. The van der Waals surface area contributed by atoms with E-state index in [1.54, 1.807) is 6.08 Å². The molecule has 0 aliphatic rings. The van der Waals surface area contributed by atoms with Crippen LogP contribution in [-0.2, 0) is 14.3 Å². The highest BCUT2D eigenvalue weighted by molar-refractivity contribution is 5.76. The first-order chi connectivity index (χ1) is 24.0. The maximum absolute atomic E-state index is 12.3. The molecule has 6 heteroatoms. The minimum absolute atomic E-state index is 0.0508. The minimum atomic E-state index is -0.874. The van der Waals surface area contributed by atoms with E-state index in [9.17, 15) is 19.8 Å². The Morgan fingerprint density at radius 2 is 1.00 bits per heavy atom. The lowest BCUT2D eigenvalue weighted by molar-refractivity contribution is -0.143. The molecule has 0 aliphatic heterocycles. The van der Waals surface area contributed by atoms with Gasteiger partial charge in [0.15, 0.2) is 0 Å². The van der Waals surface area contributed by atoms with Crippen LogP contribution in [0.2, 0.25) is 0 Å². The maximum Gasteiger partial charge on any atom is 0.305 e. The van der Waals surface area contributed by atoms with Gasteiger partial charge in [0.25, 0.3) is 0 Å². The molecule has 0 aromatic heterocycles. The van der Waals surface area contributed by atoms with Gasteiger partial charge in [-0.3, -0.25) is 9.59 Å². The predicted molar refractivity (Wildman–Crippen MR) is 209 cm³/mol. The van der Waals surface area contributed by atoms with Crippen molar-refractivity contribution >= 4 is 11.9 Å². The molecule has 0 fully saturated rings. The lowest BCUT2D eigenvalue weighted by atomic mass is 10.1. The topological polar surface area (TPSA) is 95.9 Å². The average Bonchev–Trinajstić information content (AvgIpc) is 3.10. The molecule has 0 aromatic carbocycles. The Kier molecular flexibility index (Phi) is 37.4. The zero-order valence-electron chi connectivity index (χ0n) is 32.2. The van der Waals surface area contributed by atoms with Crippen molar-refractivity contribution in [2.75, 3.05) is 13.2 Å². The van der Waals surface area contributed by atoms with Gasteiger partial charge >= 0.3 is 5.97 Å². The number of aliphatic hydroxyl groups is 2. The van der Waals surface area contributed by atoms with Crippen LogP contribution in [0.25, 0.3) is 0 Å². The molecule has 0 heterocycles. The highest BCUT2D eigenvalue weighted by Gasteiger charge is 2.17. The summed E-state index contributed by atoms with van der Waals surface area (Å²) in [5.41, 5.74) is 0. The lowest BCUT2D eigenvalue weighted by Gasteiger charge is -2.19. The second kappa shape index (κ2) is 38.9. The zero-order chi connectivity index (χ0) is 35.9. The van der Waals surface area contributed by atoms with E-state index in [0.717, 1.165) is 70.6 Å². The highest BCUT2D eigenvalue weighted by Crippen LogP contribution is 2.13. The van der Waals surface area contributed by atoms with E-state index in [1.165, 1.54) is 103 Å². The number of hydrogen-bond acceptors (Lipinski definition) is 5. The molecule has 0 bridgehead atoms. The number of amides is 1. The quantitative estimate of drug-likeness (QED) is 0.0343. The van der Waals surface area contributed by atoms with Gasteiger partial charge in [0.1, 0.15) is 0 Å². The molecule has 0 rings (SSSR count). The molecule has 2 unspecified atom stereocenters. The van der Waals surface area contributed by atoms with Gasteiger partial charge in [0.05, 0.1) is 25.4 Å². The first-order valence-corrected chi connectivity index (χ1v) is 20.8. The summed E-state index contributed by atoms with van der Waals surface area (Å²) < 4.78 is 5.39. The Bertz CT molecular complexity index is 808. The van der Waals surface area contributed by atoms with Crippen LogP contribution in [0.3, 0.4) is 0 Å². The van der Waals surface area contributed by atoms with Gasteiger partial charge in [-0.25, -0.2) is 0 Å². The largest absolute Gasteiger partial charge is 0.466 e. The van der Waals surface area contributed by atoms with E-state index in [-0.39, 0.29) is 18.5 Å². The van der Waals surface area contributed by atoms with Crippen molar-refractivity contribution < 1.29 is 24.5 Å². The van der Waals surface area contributed by atoms with Crippen LogP contribution >= 0.6 is 0 Å². The molecule has 3 N–H and O–H groups in total. The zero-order valence-corrected chi connectivity index (χ0v) is 32.2. The second-order valence-corrected chi connectivity index (χ2v) is 14.0. The van der Waals surface area contributed by atoms with Gasteiger partial charge in [-0.15, -0.1) is 0 Å². The van der Waals surface area contributed by atoms with Gasteiger partial charge in [0.2, 0.25) is 5.91 Å².